The summed E-state index contributed by atoms with van der Waals surface area (Å²) in [7, 11) is 5.27. The first-order valence-electron chi connectivity index (χ1n) is 6.61. The average Bonchev–Trinajstić information content (AvgIpc) is 2.47. The molecule has 0 saturated heterocycles. The van der Waals surface area contributed by atoms with Gasteiger partial charge in [0.05, 0.1) is 13.2 Å². The average molecular weight is 290 g/mol. The summed E-state index contributed by atoms with van der Waals surface area (Å²) in [6, 6.07) is 6.58. The molecule has 21 heavy (non-hydrogen) atoms. The Kier molecular flexibility index (Phi) is 4.57. The van der Waals surface area contributed by atoms with Gasteiger partial charge in [-0.1, -0.05) is 6.07 Å². The number of benzene rings is 1. The van der Waals surface area contributed by atoms with E-state index in [4.69, 9.17) is 4.74 Å². The molecule has 0 radical (unpaired) electrons. The van der Waals surface area contributed by atoms with Gasteiger partial charge in [0.2, 0.25) is 5.95 Å². The van der Waals surface area contributed by atoms with Gasteiger partial charge in [-0.25, -0.2) is 9.37 Å². The molecule has 2 aromatic rings. The SMILES string of the molecule is COc1ccc(C(C)Nc2nccc(N(C)C)n2)cc1F. The van der Waals surface area contributed by atoms with Gasteiger partial charge in [-0.2, -0.15) is 4.98 Å². The number of hydrogen-bond donors (Lipinski definition) is 1. The number of nitrogens with one attached hydrogen (secondary N) is 1. The highest BCUT2D eigenvalue weighted by atomic mass is 19.1. The van der Waals surface area contributed by atoms with E-state index >= 15 is 0 Å². The number of aromatic nitrogens is 2. The molecule has 1 unspecified atom stereocenters. The molecule has 0 fully saturated rings. The minimum Gasteiger partial charge on any atom is -0.494 e. The van der Waals surface area contributed by atoms with Crippen LogP contribution >= 0.6 is 0 Å². The number of halogens is 1. The van der Waals surface area contributed by atoms with E-state index in [0.717, 1.165) is 11.4 Å². The fraction of sp³-hybridized carbons (Fsp3) is 0.333. The van der Waals surface area contributed by atoms with Crippen LogP contribution in [0.15, 0.2) is 30.5 Å². The summed E-state index contributed by atoms with van der Waals surface area (Å²) in [5.74, 6) is 1.16. The second-order valence-electron chi connectivity index (χ2n) is 4.89. The second kappa shape index (κ2) is 6.39. The van der Waals surface area contributed by atoms with Gasteiger partial charge in [0, 0.05) is 20.3 Å². The molecule has 0 saturated carbocycles. The van der Waals surface area contributed by atoms with Crippen LogP contribution in [0.5, 0.6) is 5.75 Å². The van der Waals surface area contributed by atoms with E-state index in [1.54, 1.807) is 12.3 Å². The molecule has 1 aromatic heterocycles. The number of nitrogens with zero attached hydrogens (tertiary/aromatic N) is 3. The summed E-state index contributed by atoms with van der Waals surface area (Å²) in [4.78, 5) is 10.4. The Labute approximate surface area is 123 Å². The van der Waals surface area contributed by atoms with E-state index in [-0.39, 0.29) is 17.6 Å². The highest BCUT2D eigenvalue weighted by Gasteiger charge is 2.11. The molecule has 6 heteroatoms. The maximum absolute atomic E-state index is 13.7. The molecule has 2 rings (SSSR count). The minimum absolute atomic E-state index is 0.122. The minimum atomic E-state index is -0.383. The van der Waals surface area contributed by atoms with Gasteiger partial charge in [-0.15, -0.1) is 0 Å². The largest absolute Gasteiger partial charge is 0.494 e. The van der Waals surface area contributed by atoms with Crippen molar-refractivity contribution in [1.29, 1.82) is 0 Å². The molecule has 0 aliphatic rings. The molecule has 1 atom stereocenters. The summed E-state index contributed by atoms with van der Waals surface area (Å²) < 4.78 is 18.6. The molecule has 1 aromatic carbocycles. The van der Waals surface area contributed by atoms with Crippen LogP contribution in [0.25, 0.3) is 0 Å². The summed E-state index contributed by atoms with van der Waals surface area (Å²) in [6.45, 7) is 1.92. The van der Waals surface area contributed by atoms with Crippen LogP contribution in [0.2, 0.25) is 0 Å². The summed E-state index contributed by atoms with van der Waals surface area (Å²) >= 11 is 0. The van der Waals surface area contributed by atoms with Crippen molar-refractivity contribution in [2.75, 3.05) is 31.4 Å². The molecule has 0 spiro atoms. The maximum atomic E-state index is 13.7. The highest BCUT2D eigenvalue weighted by molar-refractivity contribution is 5.42. The van der Waals surface area contributed by atoms with Crippen molar-refractivity contribution >= 4 is 11.8 Å². The zero-order valence-corrected chi connectivity index (χ0v) is 12.6. The lowest BCUT2D eigenvalue weighted by atomic mass is 10.1. The van der Waals surface area contributed by atoms with Crippen LogP contribution in [-0.2, 0) is 0 Å². The third-order valence-corrected chi connectivity index (χ3v) is 3.12. The normalized spacial score (nSPS) is 11.9. The Bertz CT molecular complexity index is 618. The third kappa shape index (κ3) is 3.59. The first-order valence-corrected chi connectivity index (χ1v) is 6.61. The number of anilines is 2. The Hall–Kier alpha value is -2.37. The monoisotopic (exact) mass is 290 g/mol. The Balaban J connectivity index is 2.16. The fourth-order valence-corrected chi connectivity index (χ4v) is 1.90. The van der Waals surface area contributed by atoms with Crippen LogP contribution < -0.4 is 15.0 Å². The Morgan fingerprint density at radius 2 is 2.05 bits per heavy atom. The lowest BCUT2D eigenvalue weighted by Crippen LogP contribution is -2.14. The van der Waals surface area contributed by atoms with Crippen molar-refractivity contribution < 1.29 is 9.13 Å². The van der Waals surface area contributed by atoms with Crippen molar-refractivity contribution in [3.8, 4) is 5.75 Å². The summed E-state index contributed by atoms with van der Waals surface area (Å²) in [5.41, 5.74) is 0.798. The number of ether oxygens (including phenoxy) is 1. The predicted octanol–water partition coefficient (Wildman–Crippen LogP) is 2.86. The van der Waals surface area contributed by atoms with Crippen molar-refractivity contribution in [3.05, 3.63) is 41.8 Å². The first-order chi connectivity index (χ1) is 10.0. The molecule has 0 aliphatic heterocycles. The van der Waals surface area contributed by atoms with Gasteiger partial charge in [-0.05, 0) is 30.7 Å². The van der Waals surface area contributed by atoms with Gasteiger partial charge in [0.1, 0.15) is 5.82 Å². The predicted molar refractivity (Wildman–Crippen MR) is 81.3 cm³/mol. The zero-order valence-electron chi connectivity index (χ0n) is 12.6. The topological polar surface area (TPSA) is 50.3 Å². The van der Waals surface area contributed by atoms with Crippen LogP contribution in [0.3, 0.4) is 0 Å². The van der Waals surface area contributed by atoms with Crippen molar-refractivity contribution in [2.45, 2.75) is 13.0 Å². The van der Waals surface area contributed by atoms with Gasteiger partial charge < -0.3 is 15.0 Å². The van der Waals surface area contributed by atoms with Crippen LogP contribution in [0.1, 0.15) is 18.5 Å². The van der Waals surface area contributed by atoms with Gasteiger partial charge in [0.25, 0.3) is 0 Å². The molecule has 1 N–H and O–H groups in total. The quantitative estimate of drug-likeness (QED) is 0.917. The smallest absolute Gasteiger partial charge is 0.225 e. The molecule has 112 valence electrons. The number of hydrogen-bond acceptors (Lipinski definition) is 5. The van der Waals surface area contributed by atoms with Gasteiger partial charge in [-0.3, -0.25) is 0 Å². The van der Waals surface area contributed by atoms with Crippen molar-refractivity contribution in [2.24, 2.45) is 0 Å². The molecular formula is C15H19FN4O. The van der Waals surface area contributed by atoms with Crippen LogP contribution in [0.4, 0.5) is 16.2 Å². The van der Waals surface area contributed by atoms with Crippen molar-refractivity contribution in [3.63, 3.8) is 0 Å². The summed E-state index contributed by atoms with van der Waals surface area (Å²) in [5, 5.41) is 3.16. The van der Waals surface area contributed by atoms with Gasteiger partial charge in [0.15, 0.2) is 11.6 Å². The Morgan fingerprint density at radius 1 is 1.29 bits per heavy atom. The Morgan fingerprint density at radius 3 is 2.67 bits per heavy atom. The van der Waals surface area contributed by atoms with E-state index in [2.05, 4.69) is 15.3 Å². The van der Waals surface area contributed by atoms with Crippen LogP contribution in [-0.4, -0.2) is 31.2 Å². The molecular weight excluding hydrogens is 271 g/mol. The standard InChI is InChI=1S/C15H19FN4O/c1-10(11-5-6-13(21-4)12(16)9-11)18-15-17-8-7-14(19-15)20(2)3/h5-10H,1-4H3,(H,17,18,19). The van der Waals surface area contributed by atoms with E-state index in [1.807, 2.05) is 38.1 Å². The molecule has 0 amide bonds. The van der Waals surface area contributed by atoms with E-state index in [0.29, 0.717) is 5.95 Å². The maximum Gasteiger partial charge on any atom is 0.225 e. The second-order valence-corrected chi connectivity index (χ2v) is 4.89. The lowest BCUT2D eigenvalue weighted by Gasteiger charge is -2.17. The number of rotatable bonds is 5. The third-order valence-electron chi connectivity index (χ3n) is 3.12. The highest BCUT2D eigenvalue weighted by Crippen LogP contribution is 2.23. The number of methoxy groups -OCH3 is 1. The summed E-state index contributed by atoms with van der Waals surface area (Å²) in [6.07, 6.45) is 1.69. The van der Waals surface area contributed by atoms with Crippen LogP contribution in [0, 0.1) is 5.82 Å². The van der Waals surface area contributed by atoms with Gasteiger partial charge >= 0.3 is 0 Å². The molecule has 0 aliphatic carbocycles. The molecule has 1 heterocycles. The van der Waals surface area contributed by atoms with E-state index in [9.17, 15) is 4.39 Å². The van der Waals surface area contributed by atoms with E-state index in [1.165, 1.54) is 13.2 Å². The zero-order chi connectivity index (χ0) is 15.4. The lowest BCUT2D eigenvalue weighted by molar-refractivity contribution is 0.386. The fourth-order valence-electron chi connectivity index (χ4n) is 1.90. The molecule has 5 nitrogen and oxygen atoms in total. The molecule has 0 bridgehead atoms. The van der Waals surface area contributed by atoms with Crippen molar-refractivity contribution in [1.82, 2.24) is 9.97 Å². The first kappa shape index (κ1) is 15.0. The van der Waals surface area contributed by atoms with E-state index < -0.39 is 0 Å².